The van der Waals surface area contributed by atoms with Gasteiger partial charge in [0.05, 0.1) is 7.05 Å². The van der Waals surface area contributed by atoms with E-state index in [0.717, 1.165) is 23.0 Å². The van der Waals surface area contributed by atoms with Crippen LogP contribution in [0.5, 0.6) is 23.0 Å². The second kappa shape index (κ2) is 4.58. The van der Waals surface area contributed by atoms with Crippen molar-refractivity contribution < 1.29 is 23.8 Å². The summed E-state index contributed by atoms with van der Waals surface area (Å²) < 4.78 is 22.2. The first kappa shape index (κ1) is 13.4. The average Bonchev–Trinajstić information content (AvgIpc) is 3.25. The zero-order chi connectivity index (χ0) is 16.5. The lowest BCUT2D eigenvalue weighted by atomic mass is 9.85. The normalized spacial score (nSPS) is 23.6. The van der Waals surface area contributed by atoms with Crippen molar-refractivity contribution in [3.05, 3.63) is 51.9 Å². The molecule has 5 nitrogen and oxygen atoms in total. The van der Waals surface area contributed by atoms with Gasteiger partial charge in [0, 0.05) is 21.6 Å². The number of hydrogen-bond acceptors (Lipinski definition) is 4. The summed E-state index contributed by atoms with van der Waals surface area (Å²) in [7, 11) is 2.19. The standard InChI is InChI=1S/C20H15NO4/c1-21-8-12-5-17-18(24-10-23-17)6-14(12)13-3-2-11-4-16-19(25-9-22-16)7-15(11)20(13)21/h2-8,20H,9-10H2,1H3/p+1. The average molecular weight is 334 g/mol. The van der Waals surface area contributed by atoms with Crippen LogP contribution in [0.15, 0.2) is 30.3 Å². The third kappa shape index (κ3) is 1.76. The van der Waals surface area contributed by atoms with Crippen LogP contribution in [0, 0.1) is 0 Å². The minimum atomic E-state index is 0.224. The zero-order valence-electron chi connectivity index (χ0n) is 13.7. The summed E-state index contributed by atoms with van der Waals surface area (Å²) in [6.07, 6.45) is 6.63. The monoisotopic (exact) mass is 334 g/mol. The van der Waals surface area contributed by atoms with E-state index in [0.29, 0.717) is 13.6 Å². The molecule has 0 bridgehead atoms. The van der Waals surface area contributed by atoms with Crippen LogP contribution in [0.25, 0.3) is 17.8 Å². The van der Waals surface area contributed by atoms with Gasteiger partial charge in [-0.15, -0.1) is 0 Å². The molecule has 2 atom stereocenters. The Morgan fingerprint density at radius 2 is 1.52 bits per heavy atom. The lowest BCUT2D eigenvalue weighted by Crippen LogP contribution is -3.06. The van der Waals surface area contributed by atoms with Gasteiger partial charge in [-0.05, 0) is 29.8 Å². The van der Waals surface area contributed by atoms with Crippen molar-refractivity contribution >= 4 is 17.8 Å². The summed E-state index contributed by atoms with van der Waals surface area (Å²) >= 11 is 0. The molecule has 0 saturated carbocycles. The van der Waals surface area contributed by atoms with E-state index in [9.17, 15) is 0 Å². The molecule has 2 aromatic rings. The van der Waals surface area contributed by atoms with Gasteiger partial charge >= 0.3 is 0 Å². The Bertz CT molecular complexity index is 1090. The van der Waals surface area contributed by atoms with E-state index < -0.39 is 0 Å². The molecule has 0 radical (unpaired) electrons. The highest BCUT2D eigenvalue weighted by molar-refractivity contribution is 5.80. The van der Waals surface area contributed by atoms with Gasteiger partial charge in [0.25, 0.3) is 0 Å². The number of ether oxygens (including phenoxy) is 4. The number of fused-ring (bicyclic) bond motifs is 6. The molecule has 0 amide bonds. The quantitative estimate of drug-likeness (QED) is 0.754. The van der Waals surface area contributed by atoms with E-state index >= 15 is 0 Å². The van der Waals surface area contributed by atoms with Crippen molar-refractivity contribution in [1.29, 1.82) is 0 Å². The van der Waals surface area contributed by atoms with Crippen LogP contribution < -0.4 is 34.3 Å². The Kier molecular flexibility index (Phi) is 2.45. The van der Waals surface area contributed by atoms with Crippen molar-refractivity contribution in [3.8, 4) is 23.0 Å². The van der Waals surface area contributed by atoms with Crippen LogP contribution in [-0.2, 0) is 0 Å². The molecule has 0 fully saturated rings. The molecule has 1 aliphatic carbocycles. The van der Waals surface area contributed by atoms with Gasteiger partial charge < -0.3 is 23.8 Å². The molecule has 6 rings (SSSR count). The first-order valence-corrected chi connectivity index (χ1v) is 8.38. The second-order valence-corrected chi connectivity index (χ2v) is 6.74. The number of quaternary nitrogens is 1. The van der Waals surface area contributed by atoms with Gasteiger partial charge in [-0.25, -0.2) is 0 Å². The van der Waals surface area contributed by atoms with Crippen LogP contribution in [0.2, 0.25) is 0 Å². The Morgan fingerprint density at radius 1 is 0.840 bits per heavy atom. The molecular weight excluding hydrogens is 318 g/mol. The van der Waals surface area contributed by atoms with E-state index in [-0.39, 0.29) is 6.04 Å². The molecule has 2 unspecified atom stereocenters. The second-order valence-electron chi connectivity index (χ2n) is 6.74. The largest absolute Gasteiger partial charge is 0.454 e. The highest BCUT2D eigenvalue weighted by Gasteiger charge is 2.33. The Labute approximate surface area is 144 Å². The summed E-state index contributed by atoms with van der Waals surface area (Å²) in [5.74, 6) is 3.30. The fourth-order valence-electron chi connectivity index (χ4n) is 4.20. The summed E-state index contributed by atoms with van der Waals surface area (Å²) in [6, 6.07) is 8.61. The molecule has 5 heteroatoms. The highest BCUT2D eigenvalue weighted by Crippen LogP contribution is 2.41. The zero-order valence-corrected chi connectivity index (χ0v) is 13.7. The van der Waals surface area contributed by atoms with Gasteiger partial charge in [0.15, 0.2) is 23.0 Å². The topological polar surface area (TPSA) is 41.4 Å². The van der Waals surface area contributed by atoms with Crippen LogP contribution in [0.4, 0.5) is 0 Å². The summed E-state index contributed by atoms with van der Waals surface area (Å²) in [6.45, 7) is 0.589. The van der Waals surface area contributed by atoms with Gasteiger partial charge in [0.1, 0.15) is 12.2 Å². The molecule has 0 aromatic heterocycles. The molecule has 0 saturated heterocycles. The molecular formula is C20H16NO4+. The maximum atomic E-state index is 5.60. The lowest BCUT2D eigenvalue weighted by Gasteiger charge is -2.30. The number of hydrogen-bond donors (Lipinski definition) is 1. The Balaban J connectivity index is 1.63. The molecule has 124 valence electrons. The molecule has 2 aromatic carbocycles. The van der Waals surface area contributed by atoms with Gasteiger partial charge in [-0.3, -0.25) is 0 Å². The maximum Gasteiger partial charge on any atom is 0.231 e. The minimum absolute atomic E-state index is 0.224. The lowest BCUT2D eigenvalue weighted by molar-refractivity contribution is -0.821. The molecule has 4 aliphatic rings. The third-order valence-electron chi connectivity index (χ3n) is 5.34. The summed E-state index contributed by atoms with van der Waals surface area (Å²) in [4.78, 5) is 1.31. The van der Waals surface area contributed by atoms with Gasteiger partial charge in [-0.1, -0.05) is 12.2 Å². The first-order valence-electron chi connectivity index (χ1n) is 8.38. The van der Waals surface area contributed by atoms with E-state index in [1.54, 1.807) is 0 Å². The summed E-state index contributed by atoms with van der Waals surface area (Å²) in [5, 5.41) is 2.39. The van der Waals surface area contributed by atoms with Crippen molar-refractivity contribution in [2.45, 2.75) is 6.04 Å². The number of benzene rings is 2. The van der Waals surface area contributed by atoms with Crippen LogP contribution in [-0.4, -0.2) is 20.6 Å². The predicted molar refractivity (Wildman–Crippen MR) is 90.9 cm³/mol. The van der Waals surface area contributed by atoms with Gasteiger partial charge in [0.2, 0.25) is 13.6 Å². The van der Waals surface area contributed by atoms with Crippen molar-refractivity contribution in [3.63, 3.8) is 0 Å². The van der Waals surface area contributed by atoms with E-state index in [1.165, 1.54) is 32.0 Å². The fourth-order valence-corrected chi connectivity index (χ4v) is 4.20. The number of rotatable bonds is 0. The SMILES string of the molecule is C[NH+]1C=c2cc3c(cc2=C2C=Cc4cc5c(cc4C21)OCO5)OCO3. The smallest absolute Gasteiger partial charge is 0.231 e. The molecule has 1 N–H and O–H groups in total. The number of nitrogens with one attached hydrogen (secondary N) is 1. The molecule has 3 heterocycles. The van der Waals surface area contributed by atoms with E-state index in [1.807, 2.05) is 0 Å². The van der Waals surface area contributed by atoms with Crippen molar-refractivity contribution in [2.24, 2.45) is 0 Å². The fraction of sp³-hybridized carbons (Fsp3) is 0.200. The molecule has 0 spiro atoms. The molecule has 3 aliphatic heterocycles. The van der Waals surface area contributed by atoms with Crippen LogP contribution >= 0.6 is 0 Å². The minimum Gasteiger partial charge on any atom is -0.454 e. The Hall–Kier alpha value is -2.92. The Morgan fingerprint density at radius 3 is 2.32 bits per heavy atom. The molecule has 25 heavy (non-hydrogen) atoms. The highest BCUT2D eigenvalue weighted by atomic mass is 16.7. The van der Waals surface area contributed by atoms with Crippen LogP contribution in [0.1, 0.15) is 17.2 Å². The summed E-state index contributed by atoms with van der Waals surface area (Å²) in [5.41, 5.74) is 3.74. The van der Waals surface area contributed by atoms with E-state index in [4.69, 9.17) is 18.9 Å². The van der Waals surface area contributed by atoms with Crippen molar-refractivity contribution in [2.75, 3.05) is 20.6 Å². The predicted octanol–water partition coefficient (Wildman–Crippen LogP) is 0.329. The third-order valence-corrected chi connectivity index (χ3v) is 5.34. The van der Waals surface area contributed by atoms with Crippen molar-refractivity contribution in [1.82, 2.24) is 0 Å². The van der Waals surface area contributed by atoms with E-state index in [2.05, 4.69) is 49.7 Å². The maximum absolute atomic E-state index is 5.60. The first-order chi connectivity index (χ1) is 12.3. The van der Waals surface area contributed by atoms with Gasteiger partial charge in [-0.2, -0.15) is 0 Å². The van der Waals surface area contributed by atoms with Crippen LogP contribution in [0.3, 0.4) is 0 Å².